The van der Waals surface area contributed by atoms with Gasteiger partial charge in [-0.3, -0.25) is 4.79 Å². The fourth-order valence-corrected chi connectivity index (χ4v) is 3.54. The lowest BCUT2D eigenvalue weighted by atomic mass is 9.98. The highest BCUT2D eigenvalue weighted by Crippen LogP contribution is 2.34. The third kappa shape index (κ3) is 4.74. The van der Waals surface area contributed by atoms with Gasteiger partial charge in [0.1, 0.15) is 19.0 Å². The van der Waals surface area contributed by atoms with E-state index in [0.717, 1.165) is 35.7 Å². The molecule has 0 aliphatic carbocycles. The molecular weight excluding hydrogens is 378 g/mol. The van der Waals surface area contributed by atoms with Gasteiger partial charge < -0.3 is 19.5 Å². The molecule has 154 valence electrons. The maximum atomic E-state index is 12.9. The molecule has 1 amide bonds. The minimum atomic E-state index is -0.157. The summed E-state index contributed by atoms with van der Waals surface area (Å²) in [6.45, 7) is 1.08. The van der Waals surface area contributed by atoms with Crippen LogP contribution in [0.1, 0.15) is 33.9 Å². The van der Waals surface area contributed by atoms with E-state index in [9.17, 15) is 4.79 Å². The summed E-state index contributed by atoms with van der Waals surface area (Å²) in [5.41, 5.74) is 2.83. The van der Waals surface area contributed by atoms with Crippen LogP contribution in [0, 0.1) is 0 Å². The van der Waals surface area contributed by atoms with Gasteiger partial charge in [0.05, 0.1) is 13.2 Å². The molecule has 0 fully saturated rings. The Morgan fingerprint density at radius 1 is 0.967 bits per heavy atom. The van der Waals surface area contributed by atoms with Crippen molar-refractivity contribution in [1.29, 1.82) is 0 Å². The minimum Gasteiger partial charge on any atom is -0.497 e. The van der Waals surface area contributed by atoms with Crippen LogP contribution in [0.25, 0.3) is 0 Å². The van der Waals surface area contributed by atoms with Crippen LogP contribution in [-0.4, -0.2) is 26.2 Å². The summed E-state index contributed by atoms with van der Waals surface area (Å²) in [7, 11) is 1.61. The average molecular weight is 403 g/mol. The van der Waals surface area contributed by atoms with Crippen LogP contribution in [0.15, 0.2) is 72.8 Å². The zero-order valence-corrected chi connectivity index (χ0v) is 17.0. The lowest BCUT2D eigenvalue weighted by Crippen LogP contribution is -2.29. The number of fused-ring (bicyclic) bond motifs is 1. The highest BCUT2D eigenvalue weighted by molar-refractivity contribution is 5.94. The number of methoxy groups -OCH3 is 1. The van der Waals surface area contributed by atoms with Crippen molar-refractivity contribution in [2.24, 2.45) is 0 Å². The van der Waals surface area contributed by atoms with E-state index in [1.165, 1.54) is 5.56 Å². The van der Waals surface area contributed by atoms with Gasteiger partial charge in [0.2, 0.25) is 0 Å². The maximum Gasteiger partial charge on any atom is 0.251 e. The number of benzene rings is 3. The summed E-state index contributed by atoms with van der Waals surface area (Å²) in [4.78, 5) is 12.9. The molecule has 30 heavy (non-hydrogen) atoms. The molecule has 4 rings (SSSR count). The van der Waals surface area contributed by atoms with E-state index in [1.54, 1.807) is 31.4 Å². The number of carbonyl (C=O) groups is 1. The van der Waals surface area contributed by atoms with Crippen molar-refractivity contribution in [3.8, 4) is 17.2 Å². The lowest BCUT2D eigenvalue weighted by molar-refractivity contribution is 0.0934. The van der Waals surface area contributed by atoms with Gasteiger partial charge in [0, 0.05) is 5.56 Å². The highest BCUT2D eigenvalue weighted by atomic mass is 16.6. The second-order valence-corrected chi connectivity index (χ2v) is 7.18. The first-order valence-electron chi connectivity index (χ1n) is 10.1. The Hall–Kier alpha value is -3.47. The van der Waals surface area contributed by atoms with Gasteiger partial charge >= 0.3 is 0 Å². The monoisotopic (exact) mass is 403 g/mol. The van der Waals surface area contributed by atoms with Crippen LogP contribution in [-0.2, 0) is 6.42 Å². The topological polar surface area (TPSA) is 56.8 Å². The molecule has 0 saturated heterocycles. The van der Waals surface area contributed by atoms with Crippen LogP contribution in [0.2, 0.25) is 0 Å². The second-order valence-electron chi connectivity index (χ2n) is 7.18. The number of aryl methyl sites for hydroxylation is 1. The van der Waals surface area contributed by atoms with Crippen molar-refractivity contribution >= 4 is 5.91 Å². The van der Waals surface area contributed by atoms with Crippen molar-refractivity contribution in [3.63, 3.8) is 0 Å². The fourth-order valence-electron chi connectivity index (χ4n) is 3.54. The molecule has 0 bridgehead atoms. The van der Waals surface area contributed by atoms with Gasteiger partial charge in [-0.1, -0.05) is 36.4 Å². The zero-order chi connectivity index (χ0) is 20.8. The Kier molecular flexibility index (Phi) is 6.18. The number of amides is 1. The Balaban J connectivity index is 1.55. The molecule has 0 spiro atoms. The predicted molar refractivity (Wildman–Crippen MR) is 115 cm³/mol. The van der Waals surface area contributed by atoms with Gasteiger partial charge in [-0.15, -0.1) is 0 Å². The van der Waals surface area contributed by atoms with Crippen LogP contribution < -0.4 is 19.5 Å². The number of carbonyl (C=O) groups excluding carboxylic acids is 1. The van der Waals surface area contributed by atoms with Crippen molar-refractivity contribution in [3.05, 3.63) is 89.5 Å². The summed E-state index contributed by atoms with van der Waals surface area (Å²) in [6.07, 6.45) is 1.62. The third-order valence-electron chi connectivity index (χ3n) is 5.19. The van der Waals surface area contributed by atoms with Gasteiger partial charge in [0.15, 0.2) is 11.5 Å². The van der Waals surface area contributed by atoms with Gasteiger partial charge in [-0.05, 0) is 60.4 Å². The molecule has 1 heterocycles. The van der Waals surface area contributed by atoms with E-state index in [-0.39, 0.29) is 11.9 Å². The normalized spacial score (nSPS) is 13.4. The van der Waals surface area contributed by atoms with Crippen LogP contribution in [0.3, 0.4) is 0 Å². The van der Waals surface area contributed by atoms with E-state index in [1.807, 2.05) is 36.4 Å². The zero-order valence-electron chi connectivity index (χ0n) is 17.0. The fraction of sp³-hybridized carbons (Fsp3) is 0.240. The molecule has 3 aromatic rings. The number of rotatable bonds is 7. The SMILES string of the molecule is COc1ccc(C(=O)N[C@H](CCc2ccccc2)c2ccc3c(c2)OCCO3)cc1. The molecule has 0 saturated carbocycles. The molecule has 1 aliphatic heterocycles. The van der Waals surface area contributed by atoms with E-state index in [0.29, 0.717) is 18.8 Å². The first kappa shape index (κ1) is 19.8. The molecule has 3 aromatic carbocycles. The van der Waals surface area contributed by atoms with E-state index < -0.39 is 0 Å². The molecule has 0 radical (unpaired) electrons. The Morgan fingerprint density at radius 2 is 1.70 bits per heavy atom. The summed E-state index contributed by atoms with van der Waals surface area (Å²) in [6, 6.07) is 23.1. The number of nitrogens with one attached hydrogen (secondary N) is 1. The molecule has 1 aliphatic rings. The van der Waals surface area contributed by atoms with Crippen molar-refractivity contribution in [2.75, 3.05) is 20.3 Å². The maximum absolute atomic E-state index is 12.9. The highest BCUT2D eigenvalue weighted by Gasteiger charge is 2.20. The largest absolute Gasteiger partial charge is 0.497 e. The Bertz CT molecular complexity index is 986. The van der Waals surface area contributed by atoms with Gasteiger partial charge in [0.25, 0.3) is 5.91 Å². The molecule has 0 unspecified atom stereocenters. The van der Waals surface area contributed by atoms with Gasteiger partial charge in [-0.25, -0.2) is 0 Å². The van der Waals surface area contributed by atoms with E-state index >= 15 is 0 Å². The Morgan fingerprint density at radius 3 is 2.43 bits per heavy atom. The Labute approximate surface area is 176 Å². The predicted octanol–water partition coefficient (Wildman–Crippen LogP) is 4.57. The van der Waals surface area contributed by atoms with Crippen molar-refractivity contribution in [2.45, 2.75) is 18.9 Å². The average Bonchev–Trinajstić information content (AvgIpc) is 2.82. The second kappa shape index (κ2) is 9.35. The first-order chi connectivity index (χ1) is 14.7. The quantitative estimate of drug-likeness (QED) is 0.628. The standard InChI is InChI=1S/C25H25NO4/c1-28-21-11-8-19(9-12-21)25(27)26-22(13-7-18-5-3-2-4-6-18)20-10-14-23-24(17-20)30-16-15-29-23/h2-6,8-12,14,17,22H,7,13,15-16H2,1H3,(H,26,27)/t22-/m1/s1. The van der Waals surface area contributed by atoms with Crippen LogP contribution >= 0.6 is 0 Å². The molecule has 5 nitrogen and oxygen atoms in total. The van der Waals surface area contributed by atoms with Gasteiger partial charge in [-0.2, -0.15) is 0 Å². The summed E-state index contributed by atoms with van der Waals surface area (Å²) in [5.74, 6) is 2.07. The molecule has 1 atom stereocenters. The third-order valence-corrected chi connectivity index (χ3v) is 5.19. The van der Waals surface area contributed by atoms with E-state index in [4.69, 9.17) is 14.2 Å². The van der Waals surface area contributed by atoms with Crippen LogP contribution in [0.4, 0.5) is 0 Å². The molecule has 0 aromatic heterocycles. The number of ether oxygens (including phenoxy) is 3. The van der Waals surface area contributed by atoms with Crippen molar-refractivity contribution in [1.82, 2.24) is 5.32 Å². The summed E-state index contributed by atoms with van der Waals surface area (Å²) in [5, 5.41) is 3.19. The minimum absolute atomic E-state index is 0.120. The molecular formula is C25H25NO4. The summed E-state index contributed by atoms with van der Waals surface area (Å²) < 4.78 is 16.6. The van der Waals surface area contributed by atoms with E-state index in [2.05, 4.69) is 17.4 Å². The van der Waals surface area contributed by atoms with Crippen LogP contribution in [0.5, 0.6) is 17.2 Å². The summed E-state index contributed by atoms with van der Waals surface area (Å²) >= 11 is 0. The number of hydrogen-bond donors (Lipinski definition) is 1. The first-order valence-corrected chi connectivity index (χ1v) is 10.1. The smallest absolute Gasteiger partial charge is 0.251 e. The van der Waals surface area contributed by atoms with Crippen molar-refractivity contribution < 1.29 is 19.0 Å². The lowest BCUT2D eigenvalue weighted by Gasteiger charge is -2.23. The molecule has 5 heteroatoms. The molecule has 1 N–H and O–H groups in total. The number of hydrogen-bond acceptors (Lipinski definition) is 4.